The van der Waals surface area contributed by atoms with Crippen molar-refractivity contribution in [2.45, 2.75) is 48.9 Å². The average molecular weight is 453 g/mol. The molecule has 1 aromatic rings. The first-order chi connectivity index (χ1) is 14.4. The Morgan fingerprint density at radius 3 is 2.43 bits per heavy atom. The van der Waals surface area contributed by atoms with Crippen LogP contribution in [0.3, 0.4) is 0 Å². The number of carboxylic acids is 2. The van der Waals surface area contributed by atoms with Crippen LogP contribution in [-0.4, -0.2) is 73.7 Å². The lowest BCUT2D eigenvalue weighted by Crippen LogP contribution is -2.53. The number of likely N-dealkylation sites (tertiary alicyclic amines) is 1. The van der Waals surface area contributed by atoms with Gasteiger partial charge in [-0.05, 0) is 31.7 Å². The highest BCUT2D eigenvalue weighted by atomic mass is 32.2. The maximum Gasteiger partial charge on any atom is 0.326 e. The van der Waals surface area contributed by atoms with E-state index in [1.807, 2.05) is 53.9 Å². The van der Waals surface area contributed by atoms with Crippen molar-refractivity contribution in [3.8, 4) is 0 Å². The van der Waals surface area contributed by atoms with Crippen LogP contribution in [0, 0.1) is 5.92 Å². The van der Waals surface area contributed by atoms with Gasteiger partial charge >= 0.3 is 11.9 Å². The summed E-state index contributed by atoms with van der Waals surface area (Å²) >= 11 is 3.67. The molecular weight excluding hydrogens is 424 g/mol. The number of hydrogen-bond acceptors (Lipinski definition) is 6. The van der Waals surface area contributed by atoms with Gasteiger partial charge in [0.25, 0.3) is 0 Å². The molecule has 3 unspecified atom stereocenters. The summed E-state index contributed by atoms with van der Waals surface area (Å²) in [5.74, 6) is -0.103. The van der Waals surface area contributed by atoms with E-state index >= 15 is 0 Å². The second kappa shape index (κ2) is 10.5. The lowest BCUT2D eigenvalue weighted by molar-refractivity contribution is -0.149. The van der Waals surface area contributed by atoms with Gasteiger partial charge in [-0.25, -0.2) is 4.79 Å². The molecule has 0 spiro atoms. The summed E-state index contributed by atoms with van der Waals surface area (Å²) in [5, 5.41) is 22.1. The molecule has 9 heteroatoms. The molecule has 2 aliphatic heterocycles. The molecule has 3 N–H and O–H groups in total. The fraction of sp³-hybridized carbons (Fsp3) is 0.571. The fourth-order valence-electron chi connectivity index (χ4n) is 4.05. The zero-order valence-corrected chi connectivity index (χ0v) is 18.5. The Bertz CT molecular complexity index is 757. The predicted molar refractivity (Wildman–Crippen MR) is 119 cm³/mol. The summed E-state index contributed by atoms with van der Waals surface area (Å²) in [4.78, 5) is 38.0. The van der Waals surface area contributed by atoms with E-state index in [1.165, 1.54) is 4.90 Å². The smallest absolute Gasteiger partial charge is 0.326 e. The van der Waals surface area contributed by atoms with Crippen molar-refractivity contribution in [3.05, 3.63) is 35.9 Å². The fourth-order valence-corrected chi connectivity index (χ4v) is 7.18. The minimum Gasteiger partial charge on any atom is -0.480 e. The third-order valence-electron chi connectivity index (χ3n) is 5.62. The molecule has 164 valence electrons. The molecule has 0 aliphatic carbocycles. The Morgan fingerprint density at radius 1 is 1.17 bits per heavy atom. The van der Waals surface area contributed by atoms with Crippen LogP contribution in [-0.2, 0) is 20.8 Å². The van der Waals surface area contributed by atoms with Gasteiger partial charge in [-0.3, -0.25) is 14.9 Å². The van der Waals surface area contributed by atoms with Crippen molar-refractivity contribution >= 4 is 41.4 Å². The number of nitrogens with zero attached hydrogens (tertiary/aromatic N) is 1. The summed E-state index contributed by atoms with van der Waals surface area (Å²) in [7, 11) is 0. The normalized spacial score (nSPS) is 24.0. The maximum atomic E-state index is 13.0. The Kier molecular flexibility index (Phi) is 8.07. The van der Waals surface area contributed by atoms with Crippen molar-refractivity contribution in [1.29, 1.82) is 0 Å². The van der Waals surface area contributed by atoms with Crippen molar-refractivity contribution in [3.63, 3.8) is 0 Å². The predicted octanol–water partition coefficient (Wildman–Crippen LogP) is 2.16. The third kappa shape index (κ3) is 5.70. The number of amides is 1. The third-order valence-corrected chi connectivity index (χ3v) is 9.00. The number of nitrogens with one attached hydrogen (secondary N) is 1. The Balaban J connectivity index is 1.61. The molecule has 2 saturated heterocycles. The van der Waals surface area contributed by atoms with Gasteiger partial charge in [0.2, 0.25) is 5.91 Å². The van der Waals surface area contributed by atoms with Crippen LogP contribution in [0.2, 0.25) is 0 Å². The van der Waals surface area contributed by atoms with Gasteiger partial charge in [0.05, 0.1) is 10.6 Å². The highest BCUT2D eigenvalue weighted by molar-refractivity contribution is 8.20. The number of benzene rings is 1. The summed E-state index contributed by atoms with van der Waals surface area (Å²) in [6, 6.07) is 7.09. The summed E-state index contributed by atoms with van der Waals surface area (Å²) in [6.07, 6.45) is 1.37. The lowest BCUT2D eigenvalue weighted by atomic mass is 10.0. The molecule has 0 aromatic heterocycles. The first kappa shape index (κ1) is 23.0. The molecule has 3 rings (SSSR count). The standard InChI is InChI=1S/C21H28N2O5S2/c1-13(22-16(19(25)26)8-7-14-5-3-2-4-6-14)18(24)23-12-15(11-17(23)20(27)28)21-29-9-10-30-21/h2-6,13,15-17,21-22H,7-12H2,1H3,(H,25,26)(H,27,28)/t13-,15?,16?,17?/m0/s1. The van der Waals surface area contributed by atoms with Gasteiger partial charge in [0, 0.05) is 24.0 Å². The molecule has 2 fully saturated rings. The molecular formula is C21H28N2O5S2. The van der Waals surface area contributed by atoms with Crippen LogP contribution in [0.5, 0.6) is 0 Å². The molecule has 0 bridgehead atoms. The number of carboxylic acid groups (broad SMARTS) is 2. The Morgan fingerprint density at radius 2 is 1.83 bits per heavy atom. The number of carbonyl (C=O) groups excluding carboxylic acids is 1. The van der Waals surface area contributed by atoms with Crippen LogP contribution in [0.25, 0.3) is 0 Å². The van der Waals surface area contributed by atoms with Gasteiger partial charge in [0.1, 0.15) is 12.1 Å². The number of aryl methyl sites for hydroxylation is 1. The molecule has 7 nitrogen and oxygen atoms in total. The minimum absolute atomic E-state index is 0.146. The second-order valence-electron chi connectivity index (χ2n) is 7.75. The monoisotopic (exact) mass is 452 g/mol. The van der Waals surface area contributed by atoms with Gasteiger partial charge in [0.15, 0.2) is 0 Å². The zero-order chi connectivity index (χ0) is 21.7. The highest BCUT2D eigenvalue weighted by Crippen LogP contribution is 2.42. The van der Waals surface area contributed by atoms with E-state index in [0.717, 1.165) is 17.1 Å². The Labute approximate surface area is 185 Å². The van der Waals surface area contributed by atoms with E-state index < -0.39 is 30.1 Å². The molecule has 30 heavy (non-hydrogen) atoms. The molecule has 0 radical (unpaired) electrons. The summed E-state index contributed by atoms with van der Waals surface area (Å²) in [5.41, 5.74) is 1.03. The van der Waals surface area contributed by atoms with E-state index in [-0.39, 0.29) is 11.8 Å². The van der Waals surface area contributed by atoms with Crippen molar-refractivity contribution in [2.24, 2.45) is 5.92 Å². The second-order valence-corrected chi connectivity index (χ2v) is 10.6. The van der Waals surface area contributed by atoms with E-state index in [0.29, 0.717) is 30.4 Å². The van der Waals surface area contributed by atoms with Crippen LogP contribution in [0.1, 0.15) is 25.3 Å². The molecule has 1 amide bonds. The number of hydrogen-bond donors (Lipinski definition) is 3. The number of carbonyl (C=O) groups is 3. The lowest BCUT2D eigenvalue weighted by Gasteiger charge is -2.27. The first-order valence-corrected chi connectivity index (χ1v) is 12.3. The Hall–Kier alpha value is -1.71. The number of rotatable bonds is 9. The molecule has 1 aromatic carbocycles. The van der Waals surface area contributed by atoms with Gasteiger partial charge < -0.3 is 15.1 Å². The quantitative estimate of drug-likeness (QED) is 0.523. The summed E-state index contributed by atoms with van der Waals surface area (Å²) in [6.45, 7) is 2.03. The van der Waals surface area contributed by atoms with Gasteiger partial charge in [-0.2, -0.15) is 0 Å². The van der Waals surface area contributed by atoms with Crippen molar-refractivity contribution in [1.82, 2.24) is 10.2 Å². The van der Waals surface area contributed by atoms with Crippen molar-refractivity contribution < 1.29 is 24.6 Å². The van der Waals surface area contributed by atoms with E-state index in [2.05, 4.69) is 5.32 Å². The zero-order valence-electron chi connectivity index (χ0n) is 16.9. The molecule has 2 aliphatic rings. The van der Waals surface area contributed by atoms with Crippen LogP contribution in [0.15, 0.2) is 30.3 Å². The van der Waals surface area contributed by atoms with Crippen LogP contribution < -0.4 is 5.32 Å². The average Bonchev–Trinajstić information content (AvgIpc) is 3.40. The molecule has 4 atom stereocenters. The maximum absolute atomic E-state index is 13.0. The largest absolute Gasteiger partial charge is 0.480 e. The topological polar surface area (TPSA) is 107 Å². The summed E-state index contributed by atoms with van der Waals surface area (Å²) < 4.78 is 0.325. The number of thioether (sulfide) groups is 2. The molecule has 2 heterocycles. The SMILES string of the molecule is C[C@H](NC(CCc1ccccc1)C(=O)O)C(=O)N1CC(C2SCCS2)CC1C(=O)O. The highest BCUT2D eigenvalue weighted by Gasteiger charge is 2.44. The van der Waals surface area contributed by atoms with Gasteiger partial charge in [-0.15, -0.1) is 23.5 Å². The number of aliphatic carboxylic acids is 2. The minimum atomic E-state index is -1.02. The van der Waals surface area contributed by atoms with E-state index in [9.17, 15) is 24.6 Å². The van der Waals surface area contributed by atoms with Gasteiger partial charge in [-0.1, -0.05) is 30.3 Å². The molecule has 0 saturated carbocycles. The van der Waals surface area contributed by atoms with Crippen molar-refractivity contribution in [2.75, 3.05) is 18.1 Å². The van der Waals surface area contributed by atoms with Crippen LogP contribution in [0.4, 0.5) is 0 Å². The van der Waals surface area contributed by atoms with E-state index in [4.69, 9.17) is 0 Å². The first-order valence-electron chi connectivity index (χ1n) is 10.2. The van der Waals surface area contributed by atoms with Crippen LogP contribution >= 0.6 is 23.5 Å². The van der Waals surface area contributed by atoms with E-state index in [1.54, 1.807) is 6.92 Å².